The second-order valence-corrected chi connectivity index (χ2v) is 9.77. The quantitative estimate of drug-likeness (QED) is 0.302. The minimum absolute atomic E-state index is 0.217. The van der Waals surface area contributed by atoms with Gasteiger partial charge in [-0.2, -0.15) is 0 Å². The zero-order valence-corrected chi connectivity index (χ0v) is 20.8. The molecule has 2 amide bonds. The van der Waals surface area contributed by atoms with Crippen molar-refractivity contribution in [3.05, 3.63) is 76.9 Å². The molecule has 2 N–H and O–H groups in total. The zero-order valence-electron chi connectivity index (χ0n) is 20.0. The Balaban J connectivity index is 1.58. The van der Waals surface area contributed by atoms with Crippen LogP contribution in [0, 0.1) is 0 Å². The summed E-state index contributed by atoms with van der Waals surface area (Å²) in [4.78, 5) is 13.3. The fourth-order valence-corrected chi connectivity index (χ4v) is 6.18. The van der Waals surface area contributed by atoms with Crippen molar-refractivity contribution in [2.45, 2.75) is 46.0 Å². The predicted molar refractivity (Wildman–Crippen MR) is 144 cm³/mol. The molecule has 0 radical (unpaired) electrons. The topological polar surface area (TPSA) is 50.4 Å². The van der Waals surface area contributed by atoms with Gasteiger partial charge in [-0.05, 0) is 72.6 Å². The minimum Gasteiger partial charge on any atom is -0.496 e. The highest BCUT2D eigenvalue weighted by molar-refractivity contribution is 7.23. The Morgan fingerprint density at radius 3 is 2.35 bits per heavy atom. The lowest BCUT2D eigenvalue weighted by Gasteiger charge is -2.15. The van der Waals surface area contributed by atoms with Gasteiger partial charge < -0.3 is 10.1 Å². The molecule has 1 aliphatic carbocycles. The molecule has 0 aliphatic heterocycles. The van der Waals surface area contributed by atoms with Gasteiger partial charge in [-0.3, -0.25) is 5.32 Å². The number of hydrogen-bond donors (Lipinski definition) is 2. The van der Waals surface area contributed by atoms with Gasteiger partial charge in [0, 0.05) is 26.9 Å². The summed E-state index contributed by atoms with van der Waals surface area (Å²) in [5.41, 5.74) is 8.08. The van der Waals surface area contributed by atoms with E-state index in [-0.39, 0.29) is 6.03 Å². The van der Waals surface area contributed by atoms with E-state index in [1.807, 2.05) is 18.2 Å². The van der Waals surface area contributed by atoms with E-state index in [2.05, 4.69) is 60.9 Å². The lowest BCUT2D eigenvalue weighted by Crippen LogP contribution is -2.21. The normalized spacial score (nSPS) is 12.6. The molecular formula is C29H30N2O2S. The second kappa shape index (κ2) is 9.51. The molecule has 0 saturated carbocycles. The van der Waals surface area contributed by atoms with Crippen molar-refractivity contribution in [1.82, 2.24) is 0 Å². The molecule has 34 heavy (non-hydrogen) atoms. The maximum absolute atomic E-state index is 13.3. The summed E-state index contributed by atoms with van der Waals surface area (Å²) < 4.78 is 6.90. The van der Waals surface area contributed by atoms with Crippen molar-refractivity contribution >= 4 is 38.1 Å². The van der Waals surface area contributed by atoms with Crippen molar-refractivity contribution in [2.75, 3.05) is 17.7 Å². The molecule has 4 nitrogen and oxygen atoms in total. The first kappa shape index (κ1) is 22.5. The Hall–Kier alpha value is -3.31. The van der Waals surface area contributed by atoms with Crippen LogP contribution in [0.25, 0.3) is 21.2 Å². The molecule has 1 aliphatic rings. The van der Waals surface area contributed by atoms with Gasteiger partial charge in [-0.25, -0.2) is 4.79 Å². The predicted octanol–water partition coefficient (Wildman–Crippen LogP) is 7.83. The van der Waals surface area contributed by atoms with E-state index in [4.69, 9.17) is 4.74 Å². The monoisotopic (exact) mass is 470 g/mol. The van der Waals surface area contributed by atoms with Crippen LogP contribution in [0.15, 0.2) is 54.6 Å². The minimum atomic E-state index is -0.217. The number of para-hydroxylation sites is 2. The standard InChI is InChI=1S/C29H30N2O2S/c1-4-18-10-8-11-19(5-2)27(18)30-29(32)31-28-26(22-14-6-7-15-24(22)33-3)23-16-20-12-9-13-21(20)17-25(23)34-28/h6-8,10-11,14-17H,4-5,9,12-13H2,1-3H3,(H2,30,31,32). The Kier molecular flexibility index (Phi) is 6.29. The van der Waals surface area contributed by atoms with E-state index >= 15 is 0 Å². The van der Waals surface area contributed by atoms with Crippen LogP contribution >= 0.6 is 11.3 Å². The number of carbonyl (C=O) groups is 1. The third kappa shape index (κ3) is 4.05. The summed E-state index contributed by atoms with van der Waals surface area (Å²) in [5, 5.41) is 8.36. The smallest absolute Gasteiger partial charge is 0.324 e. The van der Waals surface area contributed by atoms with E-state index < -0.39 is 0 Å². The van der Waals surface area contributed by atoms with Crippen LogP contribution in [-0.2, 0) is 25.7 Å². The molecule has 5 heteroatoms. The van der Waals surface area contributed by atoms with Crippen LogP contribution in [0.4, 0.5) is 15.5 Å². The Morgan fingerprint density at radius 2 is 1.65 bits per heavy atom. The molecule has 0 bridgehead atoms. The van der Waals surface area contributed by atoms with Crippen molar-refractivity contribution in [2.24, 2.45) is 0 Å². The third-order valence-corrected chi connectivity index (χ3v) is 7.81. The summed E-state index contributed by atoms with van der Waals surface area (Å²) >= 11 is 1.64. The first-order valence-corrected chi connectivity index (χ1v) is 12.8. The molecule has 174 valence electrons. The molecule has 5 rings (SSSR count). The molecule has 3 aromatic carbocycles. The Morgan fingerprint density at radius 1 is 0.941 bits per heavy atom. The van der Waals surface area contributed by atoms with Crippen LogP contribution in [0.1, 0.15) is 42.5 Å². The fourth-order valence-electron chi connectivity index (χ4n) is 5.02. The van der Waals surface area contributed by atoms with E-state index in [9.17, 15) is 4.79 Å². The summed E-state index contributed by atoms with van der Waals surface area (Å²) in [6.07, 6.45) is 5.18. The molecule has 0 fully saturated rings. The van der Waals surface area contributed by atoms with Crippen molar-refractivity contribution in [1.29, 1.82) is 0 Å². The van der Waals surface area contributed by atoms with Crippen LogP contribution in [0.5, 0.6) is 5.75 Å². The average molecular weight is 471 g/mol. The van der Waals surface area contributed by atoms with Crippen molar-refractivity contribution < 1.29 is 9.53 Å². The zero-order chi connectivity index (χ0) is 23.7. The number of rotatable bonds is 6. The highest BCUT2D eigenvalue weighted by atomic mass is 32.1. The molecular weight excluding hydrogens is 440 g/mol. The maximum Gasteiger partial charge on any atom is 0.324 e. The van der Waals surface area contributed by atoms with E-state index in [0.717, 1.165) is 64.4 Å². The number of nitrogens with one attached hydrogen (secondary N) is 2. The highest BCUT2D eigenvalue weighted by Gasteiger charge is 2.22. The van der Waals surface area contributed by atoms with E-state index in [1.54, 1.807) is 18.4 Å². The number of urea groups is 1. The number of fused-ring (bicyclic) bond motifs is 2. The number of aryl methyl sites for hydroxylation is 4. The lowest BCUT2D eigenvalue weighted by atomic mass is 9.99. The highest BCUT2D eigenvalue weighted by Crippen LogP contribution is 2.47. The van der Waals surface area contributed by atoms with E-state index in [0.29, 0.717) is 0 Å². The lowest BCUT2D eigenvalue weighted by molar-refractivity contribution is 0.262. The molecule has 4 aromatic rings. The SMILES string of the molecule is CCc1cccc(CC)c1NC(=O)Nc1sc2cc3c(cc2c1-c1ccccc1OC)CCC3. The number of ether oxygens (including phenoxy) is 1. The van der Waals surface area contributed by atoms with Crippen LogP contribution in [0.2, 0.25) is 0 Å². The van der Waals surface area contributed by atoms with Gasteiger partial charge in [0.25, 0.3) is 0 Å². The number of carbonyl (C=O) groups excluding carboxylic acids is 1. The maximum atomic E-state index is 13.3. The first-order chi connectivity index (χ1) is 16.6. The van der Waals surface area contributed by atoms with Crippen molar-refractivity contribution in [3.63, 3.8) is 0 Å². The molecule has 0 unspecified atom stereocenters. The summed E-state index contributed by atoms with van der Waals surface area (Å²) in [5.74, 6) is 0.802. The second-order valence-electron chi connectivity index (χ2n) is 8.71. The van der Waals surface area contributed by atoms with E-state index in [1.165, 1.54) is 27.6 Å². The number of benzene rings is 3. The molecule has 0 saturated heterocycles. The number of amides is 2. The van der Waals surface area contributed by atoms with Crippen molar-refractivity contribution in [3.8, 4) is 16.9 Å². The number of hydrogen-bond acceptors (Lipinski definition) is 3. The third-order valence-electron chi connectivity index (χ3n) is 6.74. The summed E-state index contributed by atoms with van der Waals surface area (Å²) in [6, 6.07) is 18.7. The average Bonchev–Trinajstić information content (AvgIpc) is 3.45. The summed E-state index contributed by atoms with van der Waals surface area (Å²) in [6.45, 7) is 4.23. The number of thiophene rings is 1. The van der Waals surface area contributed by atoms with Gasteiger partial charge in [0.15, 0.2) is 0 Å². The van der Waals surface area contributed by atoms with Gasteiger partial charge in [0.2, 0.25) is 0 Å². The molecule has 0 spiro atoms. The fraction of sp³-hybridized carbons (Fsp3) is 0.276. The first-order valence-electron chi connectivity index (χ1n) is 12.0. The van der Waals surface area contributed by atoms with Gasteiger partial charge >= 0.3 is 6.03 Å². The summed E-state index contributed by atoms with van der Waals surface area (Å²) in [7, 11) is 1.69. The van der Waals surface area contributed by atoms with Crippen LogP contribution in [-0.4, -0.2) is 13.1 Å². The number of anilines is 2. The van der Waals surface area contributed by atoms with Crippen LogP contribution in [0.3, 0.4) is 0 Å². The Labute approximate surface area is 205 Å². The molecule has 1 aromatic heterocycles. The Bertz CT molecular complexity index is 1350. The van der Waals surface area contributed by atoms with Gasteiger partial charge in [-0.15, -0.1) is 11.3 Å². The number of methoxy groups -OCH3 is 1. The molecule has 0 atom stereocenters. The van der Waals surface area contributed by atoms with Gasteiger partial charge in [0.1, 0.15) is 10.8 Å². The van der Waals surface area contributed by atoms with Crippen LogP contribution < -0.4 is 15.4 Å². The largest absolute Gasteiger partial charge is 0.496 e. The van der Waals surface area contributed by atoms with Gasteiger partial charge in [0.05, 0.1) is 7.11 Å². The van der Waals surface area contributed by atoms with Gasteiger partial charge in [-0.1, -0.05) is 50.2 Å². The molecule has 1 heterocycles.